The van der Waals surface area contributed by atoms with E-state index in [1.807, 2.05) is 84.9 Å². The van der Waals surface area contributed by atoms with Crippen LogP contribution in [0, 0.1) is 0 Å². The van der Waals surface area contributed by atoms with Gasteiger partial charge in [0.05, 0.1) is 0 Å². The first-order chi connectivity index (χ1) is 14.8. The predicted octanol–water partition coefficient (Wildman–Crippen LogP) is 5.59. The second-order valence-electron chi connectivity index (χ2n) is 7.40. The molecule has 0 unspecified atom stereocenters. The molecule has 1 N–H and O–H groups in total. The number of hydrogen-bond donors (Lipinski definition) is 1. The molecule has 0 atom stereocenters. The molecule has 0 fully saturated rings. The van der Waals surface area contributed by atoms with Gasteiger partial charge in [-0.3, -0.25) is 0 Å². The standard InChI is InChI=1S/C27H21BO2/c29-28-26(22-15-7-2-8-16-22)25(21-13-5-1-6-14-21)27(30-28,23-17-9-3-10-18-23)24-19-11-4-12-20-24/h1-20,29H. The fourth-order valence-electron chi connectivity index (χ4n) is 4.40. The molecule has 0 saturated carbocycles. The van der Waals surface area contributed by atoms with Crippen molar-refractivity contribution in [3.8, 4) is 0 Å². The monoisotopic (exact) mass is 388 g/mol. The minimum Gasteiger partial charge on any atom is -0.423 e. The van der Waals surface area contributed by atoms with Crippen LogP contribution in [0.4, 0.5) is 0 Å². The van der Waals surface area contributed by atoms with E-state index >= 15 is 0 Å². The van der Waals surface area contributed by atoms with Crippen molar-refractivity contribution < 1.29 is 9.68 Å². The van der Waals surface area contributed by atoms with Gasteiger partial charge in [0.2, 0.25) is 0 Å². The third-order valence-electron chi connectivity index (χ3n) is 5.66. The zero-order valence-electron chi connectivity index (χ0n) is 16.5. The first-order valence-electron chi connectivity index (χ1n) is 10.1. The summed E-state index contributed by atoms with van der Waals surface area (Å²) >= 11 is 0. The van der Waals surface area contributed by atoms with Crippen LogP contribution in [-0.4, -0.2) is 12.1 Å². The molecule has 0 bridgehead atoms. The zero-order valence-corrected chi connectivity index (χ0v) is 16.5. The maximum absolute atomic E-state index is 11.3. The molecule has 3 heteroatoms. The van der Waals surface area contributed by atoms with E-state index in [1.165, 1.54) is 0 Å². The highest BCUT2D eigenvalue weighted by Gasteiger charge is 2.52. The Morgan fingerprint density at radius 3 is 1.40 bits per heavy atom. The van der Waals surface area contributed by atoms with Crippen LogP contribution in [0.25, 0.3) is 11.0 Å². The van der Waals surface area contributed by atoms with Crippen molar-refractivity contribution >= 4 is 18.2 Å². The molecule has 0 amide bonds. The van der Waals surface area contributed by atoms with E-state index < -0.39 is 12.7 Å². The quantitative estimate of drug-likeness (QED) is 0.462. The molecular formula is C27H21BO2. The molecule has 1 heterocycles. The fraction of sp³-hybridized carbons (Fsp3) is 0.0370. The van der Waals surface area contributed by atoms with E-state index in [-0.39, 0.29) is 0 Å². The normalized spacial score (nSPS) is 15.4. The van der Waals surface area contributed by atoms with Gasteiger partial charge in [-0.15, -0.1) is 0 Å². The van der Waals surface area contributed by atoms with Gasteiger partial charge in [0.25, 0.3) is 0 Å². The number of hydrogen-bond acceptors (Lipinski definition) is 2. The molecule has 144 valence electrons. The van der Waals surface area contributed by atoms with Crippen LogP contribution in [0.2, 0.25) is 0 Å². The Kier molecular flexibility index (Phi) is 4.84. The zero-order chi connectivity index (χ0) is 20.4. The third kappa shape index (κ3) is 3.00. The maximum atomic E-state index is 11.3. The molecule has 0 spiro atoms. The second kappa shape index (κ2) is 7.79. The summed E-state index contributed by atoms with van der Waals surface area (Å²) in [4.78, 5) is 0. The largest absolute Gasteiger partial charge is 0.493 e. The van der Waals surface area contributed by atoms with Crippen LogP contribution >= 0.6 is 0 Å². The maximum Gasteiger partial charge on any atom is 0.493 e. The molecule has 4 aromatic carbocycles. The van der Waals surface area contributed by atoms with Crippen molar-refractivity contribution in [2.75, 3.05) is 0 Å². The molecule has 30 heavy (non-hydrogen) atoms. The Labute approximate surface area is 177 Å². The molecule has 0 aliphatic carbocycles. The highest BCUT2D eigenvalue weighted by Crippen LogP contribution is 2.53. The average Bonchev–Trinajstić information content (AvgIpc) is 3.15. The molecule has 1 aliphatic rings. The minimum absolute atomic E-state index is 0.800. The van der Waals surface area contributed by atoms with E-state index in [1.54, 1.807) is 0 Å². The second-order valence-corrected chi connectivity index (χ2v) is 7.40. The molecule has 2 nitrogen and oxygen atoms in total. The molecule has 5 rings (SSSR count). The molecular weight excluding hydrogens is 367 g/mol. The lowest BCUT2D eigenvalue weighted by Crippen LogP contribution is -2.32. The first kappa shape index (κ1) is 18.6. The topological polar surface area (TPSA) is 29.5 Å². The van der Waals surface area contributed by atoms with Gasteiger partial charge in [-0.05, 0) is 33.3 Å². The minimum atomic E-state index is -1.05. The summed E-state index contributed by atoms with van der Waals surface area (Å²) < 4.78 is 6.54. The van der Waals surface area contributed by atoms with Gasteiger partial charge in [-0.1, -0.05) is 121 Å². The summed E-state index contributed by atoms with van der Waals surface area (Å²) in [6.45, 7) is 0. The Morgan fingerprint density at radius 2 is 0.933 bits per heavy atom. The predicted molar refractivity (Wildman–Crippen MR) is 122 cm³/mol. The van der Waals surface area contributed by atoms with Gasteiger partial charge in [-0.2, -0.15) is 0 Å². The van der Waals surface area contributed by atoms with E-state index in [0.717, 1.165) is 33.3 Å². The van der Waals surface area contributed by atoms with Gasteiger partial charge < -0.3 is 9.68 Å². The summed E-state index contributed by atoms with van der Waals surface area (Å²) in [5.74, 6) is 0. The fourth-order valence-corrected chi connectivity index (χ4v) is 4.40. The Morgan fingerprint density at radius 1 is 0.533 bits per heavy atom. The van der Waals surface area contributed by atoms with Gasteiger partial charge in [0, 0.05) is 0 Å². The van der Waals surface area contributed by atoms with E-state index in [9.17, 15) is 5.02 Å². The molecule has 4 aromatic rings. The van der Waals surface area contributed by atoms with Crippen LogP contribution < -0.4 is 0 Å². The van der Waals surface area contributed by atoms with E-state index in [0.29, 0.717) is 0 Å². The van der Waals surface area contributed by atoms with Crippen LogP contribution in [0.3, 0.4) is 0 Å². The Balaban J connectivity index is 1.90. The number of benzene rings is 4. The van der Waals surface area contributed by atoms with Crippen molar-refractivity contribution in [3.05, 3.63) is 144 Å². The molecule has 0 radical (unpaired) electrons. The van der Waals surface area contributed by atoms with Gasteiger partial charge in [0.1, 0.15) is 5.60 Å². The lowest BCUT2D eigenvalue weighted by molar-refractivity contribution is 0.157. The molecule has 0 saturated heterocycles. The first-order valence-corrected chi connectivity index (χ1v) is 10.1. The van der Waals surface area contributed by atoms with Crippen molar-refractivity contribution in [2.24, 2.45) is 0 Å². The smallest absolute Gasteiger partial charge is 0.423 e. The van der Waals surface area contributed by atoms with Crippen molar-refractivity contribution in [3.63, 3.8) is 0 Å². The average molecular weight is 388 g/mol. The van der Waals surface area contributed by atoms with Crippen molar-refractivity contribution in [1.82, 2.24) is 0 Å². The third-order valence-corrected chi connectivity index (χ3v) is 5.66. The van der Waals surface area contributed by atoms with Crippen LogP contribution in [0.15, 0.2) is 121 Å². The van der Waals surface area contributed by atoms with Gasteiger partial charge in [-0.25, -0.2) is 0 Å². The highest BCUT2D eigenvalue weighted by molar-refractivity contribution is 6.71. The van der Waals surface area contributed by atoms with Crippen LogP contribution in [0.1, 0.15) is 22.3 Å². The van der Waals surface area contributed by atoms with E-state index in [4.69, 9.17) is 4.65 Å². The van der Waals surface area contributed by atoms with Crippen molar-refractivity contribution in [1.29, 1.82) is 0 Å². The van der Waals surface area contributed by atoms with Crippen molar-refractivity contribution in [2.45, 2.75) is 5.60 Å². The summed E-state index contributed by atoms with van der Waals surface area (Å²) in [6.07, 6.45) is 0. The van der Waals surface area contributed by atoms with E-state index in [2.05, 4.69) is 36.4 Å². The Hall–Kier alpha value is -3.40. The Bertz CT molecular complexity index is 1120. The highest BCUT2D eigenvalue weighted by atomic mass is 16.5. The summed E-state index contributed by atoms with van der Waals surface area (Å²) in [7, 11) is -1.05. The van der Waals surface area contributed by atoms with Crippen LogP contribution in [-0.2, 0) is 10.3 Å². The SMILES string of the molecule is OB1OC(c2ccccc2)(c2ccccc2)C(c2ccccc2)=C1c1ccccc1. The lowest BCUT2D eigenvalue weighted by atomic mass is 9.70. The van der Waals surface area contributed by atoms with Gasteiger partial charge >= 0.3 is 7.12 Å². The summed E-state index contributed by atoms with van der Waals surface area (Å²) in [5.41, 5.74) is 4.81. The molecule has 1 aliphatic heterocycles. The lowest BCUT2D eigenvalue weighted by Gasteiger charge is -2.34. The molecule has 0 aromatic heterocycles. The summed E-state index contributed by atoms with van der Waals surface area (Å²) in [6, 6.07) is 40.5. The summed E-state index contributed by atoms with van der Waals surface area (Å²) in [5, 5.41) is 11.3. The number of rotatable bonds is 4. The van der Waals surface area contributed by atoms with Crippen LogP contribution in [0.5, 0.6) is 0 Å². The van der Waals surface area contributed by atoms with Gasteiger partial charge in [0.15, 0.2) is 0 Å².